The fraction of sp³-hybridized carbons (Fsp3) is 0.759. The van der Waals surface area contributed by atoms with Gasteiger partial charge in [0.2, 0.25) is 5.75 Å². The molecule has 1 rings (SSSR count). The predicted octanol–water partition coefficient (Wildman–Crippen LogP) is 8.57. The Morgan fingerprint density at radius 3 is 1.65 bits per heavy atom. The standard InChI is InChI=1S/C29H50O5/c1-5-9-13-14-15-16-17-18-22-33-34-28-25(21-12-8-4)23(19-10-6-2)24(20-11-7-3)26(27(28)30)29(31)32/h30H,5-22H2,1-4H3,(H,31,32). The van der Waals surface area contributed by atoms with Crippen LogP contribution in [0.2, 0.25) is 0 Å². The fourth-order valence-corrected chi connectivity index (χ4v) is 4.49. The first-order valence-electron chi connectivity index (χ1n) is 13.9. The first kappa shape index (κ1) is 30.3. The summed E-state index contributed by atoms with van der Waals surface area (Å²) in [7, 11) is 0. The van der Waals surface area contributed by atoms with Crippen LogP contribution in [0, 0.1) is 0 Å². The second-order valence-corrected chi connectivity index (χ2v) is 9.48. The van der Waals surface area contributed by atoms with Gasteiger partial charge in [0.25, 0.3) is 0 Å². The van der Waals surface area contributed by atoms with E-state index in [1.807, 2.05) is 0 Å². The molecule has 34 heavy (non-hydrogen) atoms. The molecule has 0 radical (unpaired) electrons. The molecular weight excluding hydrogens is 428 g/mol. The largest absolute Gasteiger partial charge is 0.504 e. The van der Waals surface area contributed by atoms with Crippen molar-refractivity contribution in [1.29, 1.82) is 0 Å². The zero-order valence-corrected chi connectivity index (χ0v) is 22.3. The maximum atomic E-state index is 12.2. The van der Waals surface area contributed by atoms with Crippen molar-refractivity contribution in [1.82, 2.24) is 0 Å². The average Bonchev–Trinajstić information content (AvgIpc) is 2.82. The molecule has 0 bridgehead atoms. The third-order valence-electron chi connectivity index (χ3n) is 6.53. The summed E-state index contributed by atoms with van der Waals surface area (Å²) in [6.07, 6.45) is 17.6. The average molecular weight is 479 g/mol. The zero-order valence-electron chi connectivity index (χ0n) is 22.3. The number of hydrogen-bond acceptors (Lipinski definition) is 4. The molecule has 0 aliphatic rings. The molecule has 0 aliphatic carbocycles. The molecule has 0 saturated heterocycles. The molecule has 0 aliphatic heterocycles. The molecule has 0 saturated carbocycles. The maximum Gasteiger partial charge on any atom is 0.339 e. The number of aromatic carboxylic acids is 1. The van der Waals surface area contributed by atoms with Gasteiger partial charge >= 0.3 is 5.97 Å². The SMILES string of the molecule is CCCCCCCCCCOOc1c(O)c(C(=O)O)c(CCCC)c(CCCC)c1CCCC. The van der Waals surface area contributed by atoms with Gasteiger partial charge < -0.3 is 15.1 Å². The van der Waals surface area contributed by atoms with Crippen LogP contribution in [-0.4, -0.2) is 22.8 Å². The van der Waals surface area contributed by atoms with Gasteiger partial charge in [0.1, 0.15) is 5.56 Å². The van der Waals surface area contributed by atoms with E-state index in [4.69, 9.17) is 9.78 Å². The minimum atomic E-state index is -1.10. The van der Waals surface area contributed by atoms with E-state index in [-0.39, 0.29) is 17.1 Å². The molecule has 0 spiro atoms. The van der Waals surface area contributed by atoms with Gasteiger partial charge in [-0.1, -0.05) is 91.9 Å². The minimum Gasteiger partial charge on any atom is -0.504 e. The third-order valence-corrected chi connectivity index (χ3v) is 6.53. The van der Waals surface area contributed by atoms with Crippen molar-refractivity contribution in [3.63, 3.8) is 0 Å². The molecule has 0 unspecified atom stereocenters. The first-order valence-corrected chi connectivity index (χ1v) is 13.9. The van der Waals surface area contributed by atoms with Gasteiger partial charge in [-0.05, 0) is 56.1 Å². The van der Waals surface area contributed by atoms with Gasteiger partial charge in [-0.25, -0.2) is 4.79 Å². The summed E-state index contributed by atoms with van der Waals surface area (Å²) in [5.74, 6) is -1.16. The fourth-order valence-electron chi connectivity index (χ4n) is 4.49. The zero-order chi connectivity index (χ0) is 25.2. The number of carbonyl (C=O) groups is 1. The maximum absolute atomic E-state index is 12.2. The summed E-state index contributed by atoms with van der Waals surface area (Å²) < 4.78 is 0. The number of carboxylic acids is 1. The topological polar surface area (TPSA) is 76.0 Å². The van der Waals surface area contributed by atoms with E-state index >= 15 is 0 Å². The van der Waals surface area contributed by atoms with Crippen LogP contribution in [-0.2, 0) is 24.2 Å². The lowest BCUT2D eigenvalue weighted by Crippen LogP contribution is -2.13. The van der Waals surface area contributed by atoms with Gasteiger partial charge in [-0.3, -0.25) is 0 Å². The van der Waals surface area contributed by atoms with Crippen LogP contribution >= 0.6 is 0 Å². The molecule has 5 heteroatoms. The van der Waals surface area contributed by atoms with Crippen LogP contribution in [0.3, 0.4) is 0 Å². The van der Waals surface area contributed by atoms with E-state index in [1.54, 1.807) is 0 Å². The monoisotopic (exact) mass is 478 g/mol. The summed E-state index contributed by atoms with van der Waals surface area (Å²) in [4.78, 5) is 23.4. The van der Waals surface area contributed by atoms with E-state index in [2.05, 4.69) is 27.7 Å². The summed E-state index contributed by atoms with van der Waals surface area (Å²) in [5, 5.41) is 21.0. The summed E-state index contributed by atoms with van der Waals surface area (Å²) in [6, 6.07) is 0. The Labute approximate surface area is 208 Å². The van der Waals surface area contributed by atoms with Crippen molar-refractivity contribution in [2.45, 2.75) is 137 Å². The highest BCUT2D eigenvalue weighted by Gasteiger charge is 2.28. The summed E-state index contributed by atoms with van der Waals surface area (Å²) >= 11 is 0. The van der Waals surface area contributed by atoms with Gasteiger partial charge in [0.15, 0.2) is 5.75 Å². The lowest BCUT2D eigenvalue weighted by Gasteiger charge is -2.22. The molecule has 2 N–H and O–H groups in total. The predicted molar refractivity (Wildman–Crippen MR) is 140 cm³/mol. The smallest absolute Gasteiger partial charge is 0.339 e. The van der Waals surface area contributed by atoms with Crippen molar-refractivity contribution in [3.8, 4) is 11.5 Å². The van der Waals surface area contributed by atoms with E-state index < -0.39 is 5.97 Å². The van der Waals surface area contributed by atoms with Crippen LogP contribution in [0.25, 0.3) is 0 Å². The molecule has 0 amide bonds. The molecular formula is C29H50O5. The van der Waals surface area contributed by atoms with Crippen LogP contribution in [0.5, 0.6) is 11.5 Å². The molecule has 0 heterocycles. The number of unbranched alkanes of at least 4 members (excludes halogenated alkanes) is 10. The van der Waals surface area contributed by atoms with Crippen molar-refractivity contribution in [2.75, 3.05) is 6.61 Å². The minimum absolute atomic E-state index is 0.00881. The molecule has 5 nitrogen and oxygen atoms in total. The Balaban J connectivity index is 3.03. The Hall–Kier alpha value is -1.75. The number of phenols is 1. The Bertz CT molecular complexity index is 698. The Morgan fingerprint density at radius 2 is 1.12 bits per heavy atom. The summed E-state index contributed by atoms with van der Waals surface area (Å²) in [5.41, 5.74) is 2.75. The second kappa shape index (κ2) is 18.6. The molecule has 1 aromatic rings. The van der Waals surface area contributed by atoms with Crippen molar-refractivity contribution in [3.05, 3.63) is 22.3 Å². The molecule has 0 aromatic heterocycles. The molecule has 1 aromatic carbocycles. The van der Waals surface area contributed by atoms with Crippen LogP contribution in [0.1, 0.15) is 145 Å². The molecule has 0 fully saturated rings. The first-order chi connectivity index (χ1) is 16.5. The van der Waals surface area contributed by atoms with E-state index in [0.29, 0.717) is 13.0 Å². The quantitative estimate of drug-likeness (QED) is 0.105. The number of aromatic hydroxyl groups is 1. The van der Waals surface area contributed by atoms with Crippen molar-refractivity contribution in [2.24, 2.45) is 0 Å². The molecule has 196 valence electrons. The number of hydrogen-bond donors (Lipinski definition) is 2. The highest BCUT2D eigenvalue weighted by Crippen LogP contribution is 2.42. The number of benzene rings is 1. The number of carboxylic acid groups (broad SMARTS) is 1. The summed E-state index contributed by atoms with van der Waals surface area (Å²) in [6.45, 7) is 9.04. The lowest BCUT2D eigenvalue weighted by atomic mass is 9.86. The van der Waals surface area contributed by atoms with Gasteiger partial charge in [-0.2, -0.15) is 4.89 Å². The van der Waals surface area contributed by atoms with Crippen molar-refractivity contribution >= 4 is 5.97 Å². The normalized spacial score (nSPS) is 11.2. The van der Waals surface area contributed by atoms with Crippen LogP contribution in [0.4, 0.5) is 0 Å². The Morgan fingerprint density at radius 1 is 0.647 bits per heavy atom. The third kappa shape index (κ3) is 10.2. The van der Waals surface area contributed by atoms with Crippen LogP contribution in [0.15, 0.2) is 0 Å². The highest BCUT2D eigenvalue weighted by atomic mass is 17.2. The van der Waals surface area contributed by atoms with E-state index in [0.717, 1.165) is 80.9 Å². The van der Waals surface area contributed by atoms with Gasteiger partial charge in [0.05, 0.1) is 6.61 Å². The van der Waals surface area contributed by atoms with Gasteiger partial charge in [0, 0.05) is 5.56 Å². The second-order valence-electron chi connectivity index (χ2n) is 9.48. The molecule has 0 atom stereocenters. The lowest BCUT2D eigenvalue weighted by molar-refractivity contribution is -0.208. The van der Waals surface area contributed by atoms with E-state index in [1.165, 1.54) is 38.5 Å². The number of rotatable bonds is 21. The van der Waals surface area contributed by atoms with Gasteiger partial charge in [-0.15, -0.1) is 0 Å². The Kier molecular flexibility index (Phi) is 16.5. The van der Waals surface area contributed by atoms with E-state index in [9.17, 15) is 15.0 Å². The highest BCUT2D eigenvalue weighted by molar-refractivity contribution is 5.94. The van der Waals surface area contributed by atoms with Crippen molar-refractivity contribution < 1.29 is 24.8 Å². The van der Waals surface area contributed by atoms with Crippen LogP contribution < -0.4 is 4.89 Å².